The monoisotopic (exact) mass is 206 g/mol. The lowest BCUT2D eigenvalue weighted by molar-refractivity contribution is 0.323. The second-order valence-electron chi connectivity index (χ2n) is 4.81. The minimum Gasteiger partial charge on any atom is -0.314 e. The zero-order valence-corrected chi connectivity index (χ0v) is 9.47. The third-order valence-electron chi connectivity index (χ3n) is 3.86. The maximum absolute atomic E-state index is 5.27. The van der Waals surface area contributed by atoms with Gasteiger partial charge >= 0.3 is 0 Å². The highest BCUT2D eigenvalue weighted by atomic mass is 15.0. The zero-order valence-electron chi connectivity index (χ0n) is 9.47. The Bertz CT molecular complexity index is 225. The first-order chi connectivity index (χ1) is 7.42. The minimum absolute atomic E-state index is 0.717. The Balaban J connectivity index is 1.79. The topological polar surface area (TPSA) is 24.1 Å². The molecule has 2 heteroatoms. The molecule has 2 rings (SSSR count). The third kappa shape index (κ3) is 2.74. The van der Waals surface area contributed by atoms with Crippen molar-refractivity contribution in [2.45, 2.75) is 50.6 Å². The predicted octanol–water partition coefficient (Wildman–Crippen LogP) is 1.52. The Morgan fingerprint density at radius 1 is 1.27 bits per heavy atom. The van der Waals surface area contributed by atoms with E-state index in [0.29, 0.717) is 6.04 Å². The van der Waals surface area contributed by atoms with E-state index >= 15 is 0 Å². The van der Waals surface area contributed by atoms with Crippen LogP contribution in [-0.2, 0) is 0 Å². The maximum atomic E-state index is 5.27. The highest BCUT2D eigenvalue weighted by Crippen LogP contribution is 2.31. The molecule has 84 valence electrons. The van der Waals surface area contributed by atoms with Crippen LogP contribution in [0.4, 0.5) is 0 Å². The summed E-state index contributed by atoms with van der Waals surface area (Å²) < 4.78 is 0. The van der Waals surface area contributed by atoms with E-state index in [-0.39, 0.29) is 0 Å². The molecule has 1 heterocycles. The second-order valence-corrected chi connectivity index (χ2v) is 4.81. The summed E-state index contributed by atoms with van der Waals surface area (Å²) >= 11 is 0. The summed E-state index contributed by atoms with van der Waals surface area (Å²) in [6, 6.07) is 1.49. The molecule has 1 saturated carbocycles. The van der Waals surface area contributed by atoms with Crippen molar-refractivity contribution in [1.29, 1.82) is 0 Å². The fourth-order valence-electron chi connectivity index (χ4n) is 3.13. The van der Waals surface area contributed by atoms with E-state index in [1.165, 1.54) is 38.6 Å². The number of rotatable bonds is 4. The van der Waals surface area contributed by atoms with Gasteiger partial charge in [0.05, 0.1) is 0 Å². The molecule has 1 saturated heterocycles. The van der Waals surface area contributed by atoms with E-state index in [0.717, 1.165) is 24.9 Å². The van der Waals surface area contributed by atoms with Crippen molar-refractivity contribution in [2.24, 2.45) is 5.92 Å². The molecule has 0 bridgehead atoms. The molecule has 0 radical (unpaired) electrons. The first kappa shape index (κ1) is 11.0. The Morgan fingerprint density at radius 3 is 2.93 bits per heavy atom. The van der Waals surface area contributed by atoms with Crippen LogP contribution in [0, 0.1) is 18.3 Å². The van der Waals surface area contributed by atoms with Crippen LogP contribution < -0.4 is 10.6 Å². The van der Waals surface area contributed by atoms with Crippen molar-refractivity contribution < 1.29 is 0 Å². The van der Waals surface area contributed by atoms with Gasteiger partial charge in [0, 0.05) is 25.0 Å². The Hall–Kier alpha value is -0.520. The van der Waals surface area contributed by atoms with Crippen LogP contribution in [0.5, 0.6) is 0 Å². The van der Waals surface area contributed by atoms with Crippen molar-refractivity contribution in [1.82, 2.24) is 10.6 Å². The van der Waals surface area contributed by atoms with Crippen LogP contribution in [0.2, 0.25) is 0 Å². The van der Waals surface area contributed by atoms with Gasteiger partial charge in [0.1, 0.15) is 0 Å². The molecule has 2 aliphatic rings. The van der Waals surface area contributed by atoms with Gasteiger partial charge in [0.15, 0.2) is 0 Å². The Morgan fingerprint density at radius 2 is 2.20 bits per heavy atom. The highest BCUT2D eigenvalue weighted by Gasteiger charge is 2.34. The van der Waals surface area contributed by atoms with Gasteiger partial charge in [-0.05, 0) is 38.1 Å². The van der Waals surface area contributed by atoms with Crippen molar-refractivity contribution in [3.05, 3.63) is 0 Å². The lowest BCUT2D eigenvalue weighted by atomic mass is 9.93. The number of hydrogen-bond donors (Lipinski definition) is 2. The standard InChI is InChI=1S/C13H22N2/c1-2-3-9-14-12-7-4-6-11(12)13-8-5-10-15-13/h1,11-15H,3-10H2. The van der Waals surface area contributed by atoms with Crippen molar-refractivity contribution in [3.63, 3.8) is 0 Å². The summed E-state index contributed by atoms with van der Waals surface area (Å²) in [6.07, 6.45) is 13.0. The summed E-state index contributed by atoms with van der Waals surface area (Å²) in [5, 5.41) is 7.27. The highest BCUT2D eigenvalue weighted by molar-refractivity contribution is 4.94. The molecule has 15 heavy (non-hydrogen) atoms. The molecule has 0 amide bonds. The molecule has 2 nitrogen and oxygen atoms in total. The summed E-state index contributed by atoms with van der Waals surface area (Å²) in [5.74, 6) is 3.55. The van der Waals surface area contributed by atoms with E-state index < -0.39 is 0 Å². The maximum Gasteiger partial charge on any atom is 0.0212 e. The van der Waals surface area contributed by atoms with Gasteiger partial charge in [-0.15, -0.1) is 12.3 Å². The lowest BCUT2D eigenvalue weighted by Gasteiger charge is -2.26. The Kier molecular flexibility index (Phi) is 4.05. The molecule has 0 aromatic rings. The lowest BCUT2D eigenvalue weighted by Crippen LogP contribution is -2.42. The van der Waals surface area contributed by atoms with Crippen molar-refractivity contribution >= 4 is 0 Å². The molecular weight excluding hydrogens is 184 g/mol. The molecule has 0 spiro atoms. The van der Waals surface area contributed by atoms with Gasteiger partial charge < -0.3 is 10.6 Å². The van der Waals surface area contributed by atoms with Crippen LogP contribution in [0.1, 0.15) is 38.5 Å². The van der Waals surface area contributed by atoms with Gasteiger partial charge in [-0.25, -0.2) is 0 Å². The largest absolute Gasteiger partial charge is 0.314 e. The average Bonchev–Trinajstić information content (AvgIpc) is 2.87. The van der Waals surface area contributed by atoms with E-state index in [4.69, 9.17) is 6.42 Å². The first-order valence-corrected chi connectivity index (χ1v) is 6.32. The smallest absolute Gasteiger partial charge is 0.0212 e. The van der Waals surface area contributed by atoms with Crippen LogP contribution in [0.25, 0.3) is 0 Å². The van der Waals surface area contributed by atoms with Gasteiger partial charge in [-0.3, -0.25) is 0 Å². The fourth-order valence-corrected chi connectivity index (χ4v) is 3.13. The molecule has 2 N–H and O–H groups in total. The molecule has 2 fully saturated rings. The van der Waals surface area contributed by atoms with Gasteiger partial charge in [-0.2, -0.15) is 0 Å². The summed E-state index contributed by atoms with van der Waals surface area (Å²) in [5.41, 5.74) is 0. The van der Waals surface area contributed by atoms with E-state index in [9.17, 15) is 0 Å². The SMILES string of the molecule is C#CCCNC1CCCC1C1CCCN1. The van der Waals surface area contributed by atoms with E-state index in [1.807, 2.05) is 0 Å². The van der Waals surface area contributed by atoms with Gasteiger partial charge in [0.2, 0.25) is 0 Å². The first-order valence-electron chi connectivity index (χ1n) is 6.32. The summed E-state index contributed by atoms with van der Waals surface area (Å²) in [6.45, 7) is 2.21. The van der Waals surface area contributed by atoms with E-state index in [1.54, 1.807) is 0 Å². The minimum atomic E-state index is 0.717. The van der Waals surface area contributed by atoms with E-state index in [2.05, 4.69) is 16.6 Å². The number of terminal acetylenes is 1. The fraction of sp³-hybridized carbons (Fsp3) is 0.846. The van der Waals surface area contributed by atoms with Crippen molar-refractivity contribution in [2.75, 3.05) is 13.1 Å². The predicted molar refractivity (Wildman–Crippen MR) is 63.6 cm³/mol. The normalized spacial score (nSPS) is 35.5. The van der Waals surface area contributed by atoms with Gasteiger partial charge in [-0.1, -0.05) is 6.42 Å². The molecule has 3 unspecified atom stereocenters. The van der Waals surface area contributed by atoms with Crippen LogP contribution in [0.3, 0.4) is 0 Å². The molecule has 1 aliphatic heterocycles. The number of hydrogen-bond acceptors (Lipinski definition) is 2. The van der Waals surface area contributed by atoms with Gasteiger partial charge in [0.25, 0.3) is 0 Å². The van der Waals surface area contributed by atoms with Crippen LogP contribution in [0.15, 0.2) is 0 Å². The molecule has 0 aromatic heterocycles. The third-order valence-corrected chi connectivity index (χ3v) is 3.86. The van der Waals surface area contributed by atoms with Crippen LogP contribution >= 0.6 is 0 Å². The second kappa shape index (κ2) is 5.53. The summed E-state index contributed by atoms with van der Waals surface area (Å²) in [4.78, 5) is 0. The molecular formula is C13H22N2. The average molecular weight is 206 g/mol. The van der Waals surface area contributed by atoms with Crippen LogP contribution in [-0.4, -0.2) is 25.2 Å². The van der Waals surface area contributed by atoms with Crippen molar-refractivity contribution in [3.8, 4) is 12.3 Å². The Labute approximate surface area is 93.2 Å². The quantitative estimate of drug-likeness (QED) is 0.538. The molecule has 1 aliphatic carbocycles. The molecule has 0 aromatic carbocycles. The molecule has 3 atom stereocenters. The number of nitrogens with one attached hydrogen (secondary N) is 2. The zero-order chi connectivity index (χ0) is 10.5. The summed E-state index contributed by atoms with van der Waals surface area (Å²) in [7, 11) is 0.